The number of rotatable bonds is 6. The van der Waals surface area contributed by atoms with Gasteiger partial charge in [0.25, 0.3) is 5.91 Å². The minimum absolute atomic E-state index is 0.231. The first-order valence-electron chi connectivity index (χ1n) is 9.13. The van der Waals surface area contributed by atoms with Crippen LogP contribution in [-0.4, -0.2) is 22.4 Å². The lowest BCUT2D eigenvalue weighted by Gasteiger charge is -2.10. The summed E-state index contributed by atoms with van der Waals surface area (Å²) in [4.78, 5) is 20.4. The molecule has 4 aromatic rings. The van der Waals surface area contributed by atoms with Crippen molar-refractivity contribution in [2.45, 2.75) is 12.6 Å². The topological polar surface area (TPSA) is 69.8 Å². The predicted molar refractivity (Wildman–Crippen MR) is 111 cm³/mol. The van der Waals surface area contributed by atoms with Crippen molar-refractivity contribution in [3.63, 3.8) is 0 Å². The van der Waals surface area contributed by atoms with Gasteiger partial charge >= 0.3 is 6.18 Å². The number of hydrogen-bond acceptors (Lipinski definition) is 4. The molecule has 3 N–H and O–H groups in total. The molecule has 0 atom stereocenters. The van der Waals surface area contributed by atoms with E-state index < -0.39 is 11.7 Å². The maximum atomic E-state index is 12.8. The average molecular weight is 430 g/mol. The summed E-state index contributed by atoms with van der Waals surface area (Å²) in [7, 11) is 0. The molecule has 154 valence electrons. The Hall–Kier alpha value is -3.33. The molecule has 0 unspecified atom stereocenters. The van der Waals surface area contributed by atoms with Crippen LogP contribution in [0.5, 0.6) is 0 Å². The number of H-pyrrole nitrogens is 1. The number of carbonyl (C=O) groups excluding carboxylic acids is 1. The molecule has 5 nitrogen and oxygen atoms in total. The molecule has 1 amide bonds. The number of benzene rings is 1. The number of amides is 1. The van der Waals surface area contributed by atoms with Crippen LogP contribution in [0.25, 0.3) is 11.0 Å². The molecule has 4 rings (SSSR count). The van der Waals surface area contributed by atoms with Crippen molar-refractivity contribution < 1.29 is 18.0 Å². The van der Waals surface area contributed by atoms with E-state index in [-0.39, 0.29) is 12.5 Å². The van der Waals surface area contributed by atoms with Crippen LogP contribution in [0.3, 0.4) is 0 Å². The van der Waals surface area contributed by atoms with Crippen LogP contribution in [0.4, 0.5) is 24.5 Å². The highest BCUT2D eigenvalue weighted by atomic mass is 32.1. The van der Waals surface area contributed by atoms with Gasteiger partial charge in [0.1, 0.15) is 10.5 Å². The molecule has 0 saturated heterocycles. The van der Waals surface area contributed by atoms with Crippen molar-refractivity contribution >= 4 is 39.7 Å². The number of nitrogens with one attached hydrogen (secondary N) is 3. The Labute approximate surface area is 174 Å². The molecule has 3 heterocycles. The van der Waals surface area contributed by atoms with Crippen molar-refractivity contribution in [3.05, 3.63) is 76.2 Å². The van der Waals surface area contributed by atoms with Gasteiger partial charge < -0.3 is 15.6 Å². The quantitative estimate of drug-likeness (QED) is 0.386. The molecule has 0 bridgehead atoms. The van der Waals surface area contributed by atoms with Crippen molar-refractivity contribution in [2.75, 3.05) is 11.9 Å². The van der Waals surface area contributed by atoms with Crippen molar-refractivity contribution in [2.24, 2.45) is 0 Å². The largest absolute Gasteiger partial charge is 0.416 e. The Morgan fingerprint density at radius 1 is 1.13 bits per heavy atom. The number of alkyl halides is 3. The maximum Gasteiger partial charge on any atom is 0.416 e. The van der Waals surface area contributed by atoms with Crippen LogP contribution in [0.1, 0.15) is 20.8 Å². The highest BCUT2D eigenvalue weighted by Crippen LogP contribution is 2.30. The molecule has 0 spiro atoms. The van der Waals surface area contributed by atoms with Crippen LogP contribution < -0.4 is 10.6 Å². The van der Waals surface area contributed by atoms with Gasteiger partial charge in [0.15, 0.2) is 0 Å². The summed E-state index contributed by atoms with van der Waals surface area (Å²) in [6, 6.07) is 10.7. The van der Waals surface area contributed by atoms with Crippen molar-refractivity contribution in [3.8, 4) is 0 Å². The van der Waals surface area contributed by atoms with Crippen LogP contribution >= 0.6 is 11.3 Å². The molecule has 9 heteroatoms. The molecule has 0 radical (unpaired) electrons. The van der Waals surface area contributed by atoms with Crippen molar-refractivity contribution in [1.82, 2.24) is 15.3 Å². The number of fused-ring (bicyclic) bond motifs is 1. The van der Waals surface area contributed by atoms with E-state index in [4.69, 9.17) is 0 Å². The Bertz CT molecular complexity index is 1180. The number of anilines is 2. The van der Waals surface area contributed by atoms with E-state index in [1.54, 1.807) is 23.8 Å². The van der Waals surface area contributed by atoms with Gasteiger partial charge in [-0.3, -0.25) is 4.79 Å². The number of pyridine rings is 1. The second-order valence-corrected chi connectivity index (χ2v) is 7.51. The van der Waals surface area contributed by atoms with Gasteiger partial charge in [-0.1, -0.05) is 18.2 Å². The monoisotopic (exact) mass is 430 g/mol. The maximum absolute atomic E-state index is 12.8. The fraction of sp³-hybridized carbons (Fsp3) is 0.143. The van der Waals surface area contributed by atoms with E-state index in [0.29, 0.717) is 22.5 Å². The Balaban J connectivity index is 1.41. The fourth-order valence-electron chi connectivity index (χ4n) is 3.10. The molecule has 0 aliphatic carbocycles. The standard InChI is InChI=1S/C21H17F3N4OS/c22-21(23,24)14-3-1-2-13(12-14)4-8-27-20(29)18-17(7-11-30-18)28-16-6-10-26-19-15(16)5-9-25-19/h1-3,5-7,9-12H,4,8H2,(H,27,29)(H2,25,26,28). The van der Waals surface area contributed by atoms with E-state index in [0.717, 1.165) is 28.9 Å². The van der Waals surface area contributed by atoms with Crippen molar-refractivity contribution in [1.29, 1.82) is 0 Å². The third-order valence-electron chi connectivity index (χ3n) is 4.55. The number of carbonyl (C=O) groups is 1. The summed E-state index contributed by atoms with van der Waals surface area (Å²) in [6.45, 7) is 0.231. The first-order valence-corrected chi connectivity index (χ1v) is 10.0. The minimum Gasteiger partial charge on any atom is -0.354 e. The van der Waals surface area contributed by atoms with Gasteiger partial charge in [0.2, 0.25) is 0 Å². The number of thiophene rings is 1. The number of nitrogens with zero attached hydrogens (tertiary/aromatic N) is 1. The average Bonchev–Trinajstić information content (AvgIpc) is 3.37. The smallest absolute Gasteiger partial charge is 0.354 e. The van der Waals surface area contributed by atoms with Gasteiger partial charge in [-0.2, -0.15) is 13.2 Å². The van der Waals surface area contributed by atoms with Gasteiger partial charge in [-0.15, -0.1) is 11.3 Å². The molecule has 1 aromatic carbocycles. The first-order chi connectivity index (χ1) is 14.4. The predicted octanol–water partition coefficient (Wildman–Crippen LogP) is 5.36. The molecule has 0 saturated carbocycles. The Kier molecular flexibility index (Phi) is 5.45. The van der Waals surface area contributed by atoms with E-state index in [1.165, 1.54) is 17.4 Å². The second kappa shape index (κ2) is 8.19. The van der Waals surface area contributed by atoms with Gasteiger partial charge in [-0.05, 0) is 41.6 Å². The lowest BCUT2D eigenvalue weighted by atomic mass is 10.1. The molecular formula is C21H17F3N4OS. The molecule has 0 aliphatic heterocycles. The summed E-state index contributed by atoms with van der Waals surface area (Å²) in [5.41, 5.74) is 2.04. The number of halogens is 3. The van der Waals surface area contributed by atoms with Gasteiger partial charge in [0.05, 0.1) is 16.9 Å². The summed E-state index contributed by atoms with van der Waals surface area (Å²) in [5, 5.41) is 8.75. The summed E-state index contributed by atoms with van der Waals surface area (Å²) < 4.78 is 38.5. The van der Waals surface area contributed by atoms with E-state index in [1.807, 2.05) is 18.2 Å². The Morgan fingerprint density at radius 3 is 2.83 bits per heavy atom. The zero-order valence-corrected chi connectivity index (χ0v) is 16.4. The number of aromatic nitrogens is 2. The minimum atomic E-state index is -4.38. The summed E-state index contributed by atoms with van der Waals surface area (Å²) in [5.74, 6) is -0.279. The summed E-state index contributed by atoms with van der Waals surface area (Å²) >= 11 is 1.29. The SMILES string of the molecule is O=C(NCCc1cccc(C(F)(F)F)c1)c1sccc1Nc1ccnc2[nH]ccc12. The van der Waals surface area contributed by atoms with Crippen LogP contribution in [0.2, 0.25) is 0 Å². The van der Waals surface area contributed by atoms with Crippen LogP contribution in [0, 0.1) is 0 Å². The fourth-order valence-corrected chi connectivity index (χ4v) is 3.87. The molecule has 0 fully saturated rings. The van der Waals surface area contributed by atoms with E-state index in [2.05, 4.69) is 20.6 Å². The highest BCUT2D eigenvalue weighted by molar-refractivity contribution is 7.12. The lowest BCUT2D eigenvalue weighted by Crippen LogP contribution is -2.25. The van der Waals surface area contributed by atoms with E-state index in [9.17, 15) is 18.0 Å². The molecule has 3 aromatic heterocycles. The van der Waals surface area contributed by atoms with Gasteiger partial charge in [0, 0.05) is 24.3 Å². The molecular weight excluding hydrogens is 413 g/mol. The zero-order chi connectivity index (χ0) is 21.1. The second-order valence-electron chi connectivity index (χ2n) is 6.59. The molecule has 30 heavy (non-hydrogen) atoms. The van der Waals surface area contributed by atoms with Crippen LogP contribution in [-0.2, 0) is 12.6 Å². The summed E-state index contributed by atoms with van der Waals surface area (Å²) in [6.07, 6.45) is -0.618. The Morgan fingerprint density at radius 2 is 2.00 bits per heavy atom. The third kappa shape index (κ3) is 4.30. The number of hydrogen-bond donors (Lipinski definition) is 3. The first kappa shape index (κ1) is 20.0. The van der Waals surface area contributed by atoms with Gasteiger partial charge in [-0.25, -0.2) is 4.98 Å². The third-order valence-corrected chi connectivity index (χ3v) is 5.47. The zero-order valence-electron chi connectivity index (χ0n) is 15.6. The molecule has 0 aliphatic rings. The lowest BCUT2D eigenvalue weighted by molar-refractivity contribution is -0.137. The number of aromatic amines is 1. The van der Waals surface area contributed by atoms with E-state index >= 15 is 0 Å². The normalized spacial score (nSPS) is 11.6. The van der Waals surface area contributed by atoms with Crippen LogP contribution in [0.15, 0.2) is 60.2 Å². The highest BCUT2D eigenvalue weighted by Gasteiger charge is 2.30.